The largest absolute Gasteiger partial charge is 0.489 e. The molecule has 0 spiro atoms. The molecule has 1 aromatic carbocycles. The minimum absolute atomic E-state index is 0.00943. The molecule has 1 aliphatic rings. The van der Waals surface area contributed by atoms with E-state index in [1.165, 1.54) is 17.0 Å². The van der Waals surface area contributed by atoms with Gasteiger partial charge in [0.25, 0.3) is 5.91 Å². The van der Waals surface area contributed by atoms with Crippen LogP contribution in [-0.2, 0) is 20.9 Å². The standard InChI is InChI=1S/C27H30ClFN2O4/c1-5-12-34-27(33)21-9-7-6-8-20(21)26(32)31(16-19-15-30-11-10-18(19)4)24-14-25(35-17(2)3)22(28)13-23(24)29/h5,10-11,13-15,17H,1,6-9,12,16H2,2-4H3. The number of carbonyl (C=O) groups excluding carboxylic acids is 2. The topological polar surface area (TPSA) is 68.7 Å². The van der Waals surface area contributed by atoms with Crippen LogP contribution in [0.15, 0.2) is 54.4 Å². The number of halogens is 2. The summed E-state index contributed by atoms with van der Waals surface area (Å²) in [6, 6.07) is 4.39. The Morgan fingerprint density at radius 3 is 2.63 bits per heavy atom. The van der Waals surface area contributed by atoms with Crippen LogP contribution in [0.3, 0.4) is 0 Å². The second-order valence-corrected chi connectivity index (χ2v) is 9.05. The number of hydrogen-bond acceptors (Lipinski definition) is 5. The predicted octanol–water partition coefficient (Wildman–Crippen LogP) is 6.10. The van der Waals surface area contributed by atoms with Crippen molar-refractivity contribution in [2.24, 2.45) is 0 Å². The van der Waals surface area contributed by atoms with Crippen molar-refractivity contribution in [3.05, 3.63) is 76.4 Å². The van der Waals surface area contributed by atoms with Gasteiger partial charge in [-0.3, -0.25) is 9.78 Å². The lowest BCUT2D eigenvalue weighted by Gasteiger charge is -2.28. The average molecular weight is 501 g/mol. The summed E-state index contributed by atoms with van der Waals surface area (Å²) in [4.78, 5) is 32.1. The van der Waals surface area contributed by atoms with Gasteiger partial charge in [0.2, 0.25) is 0 Å². The van der Waals surface area contributed by atoms with Crippen molar-refractivity contribution >= 4 is 29.2 Å². The number of amides is 1. The van der Waals surface area contributed by atoms with E-state index in [-0.39, 0.29) is 35.7 Å². The van der Waals surface area contributed by atoms with Gasteiger partial charge in [-0.15, -0.1) is 0 Å². The molecule has 3 rings (SSSR count). The Bertz CT molecular complexity index is 1150. The van der Waals surface area contributed by atoms with Crippen molar-refractivity contribution in [2.45, 2.75) is 59.1 Å². The number of pyridine rings is 1. The van der Waals surface area contributed by atoms with E-state index in [1.54, 1.807) is 12.4 Å². The van der Waals surface area contributed by atoms with Gasteiger partial charge in [0.05, 0.1) is 23.4 Å². The molecule has 6 nitrogen and oxygen atoms in total. The van der Waals surface area contributed by atoms with Crippen LogP contribution >= 0.6 is 11.6 Å². The maximum atomic E-state index is 15.3. The Morgan fingerprint density at radius 1 is 1.26 bits per heavy atom. The molecule has 0 N–H and O–H groups in total. The van der Waals surface area contributed by atoms with Gasteiger partial charge in [-0.2, -0.15) is 0 Å². The van der Waals surface area contributed by atoms with Crippen molar-refractivity contribution in [3.63, 3.8) is 0 Å². The van der Waals surface area contributed by atoms with Crippen LogP contribution in [-0.4, -0.2) is 29.6 Å². The van der Waals surface area contributed by atoms with Crippen molar-refractivity contribution in [3.8, 4) is 5.75 Å². The molecule has 0 saturated heterocycles. The van der Waals surface area contributed by atoms with Gasteiger partial charge in [-0.05, 0) is 69.7 Å². The van der Waals surface area contributed by atoms with Crippen molar-refractivity contribution < 1.29 is 23.5 Å². The van der Waals surface area contributed by atoms with Crippen LogP contribution < -0.4 is 9.64 Å². The number of carbonyl (C=O) groups is 2. The molecule has 0 aliphatic heterocycles. The second kappa shape index (κ2) is 12.0. The van der Waals surface area contributed by atoms with E-state index in [2.05, 4.69) is 11.6 Å². The zero-order chi connectivity index (χ0) is 25.5. The minimum atomic E-state index is -0.673. The molecule has 1 amide bonds. The summed E-state index contributed by atoms with van der Waals surface area (Å²) in [5.41, 5.74) is 2.30. The number of benzene rings is 1. The Hall–Kier alpha value is -3.19. The fraction of sp³-hybridized carbons (Fsp3) is 0.370. The SMILES string of the molecule is C=CCOC(=O)C1=C(C(=O)N(Cc2cnccc2C)c2cc(OC(C)C)c(Cl)cc2F)CCCC1. The first-order valence-corrected chi connectivity index (χ1v) is 12.0. The van der Waals surface area contributed by atoms with Gasteiger partial charge < -0.3 is 14.4 Å². The molecule has 1 heterocycles. The first kappa shape index (κ1) is 26.4. The highest BCUT2D eigenvalue weighted by molar-refractivity contribution is 6.32. The number of rotatable bonds is 9. The van der Waals surface area contributed by atoms with E-state index in [4.69, 9.17) is 21.1 Å². The highest BCUT2D eigenvalue weighted by Gasteiger charge is 2.31. The zero-order valence-electron chi connectivity index (χ0n) is 20.3. The van der Waals surface area contributed by atoms with Crippen molar-refractivity contribution in [2.75, 3.05) is 11.5 Å². The number of ether oxygens (including phenoxy) is 2. The van der Waals surface area contributed by atoms with Crippen molar-refractivity contribution in [1.82, 2.24) is 4.98 Å². The van der Waals surface area contributed by atoms with Gasteiger partial charge in [-0.1, -0.05) is 24.3 Å². The van der Waals surface area contributed by atoms with Gasteiger partial charge in [-0.25, -0.2) is 9.18 Å². The van der Waals surface area contributed by atoms with Crippen LogP contribution in [0.4, 0.5) is 10.1 Å². The van der Waals surface area contributed by atoms with Gasteiger partial charge in [0.1, 0.15) is 18.2 Å². The normalized spacial score (nSPS) is 13.5. The molecule has 1 aliphatic carbocycles. The smallest absolute Gasteiger partial charge is 0.334 e. The molecular formula is C27H30ClFN2O4. The summed E-state index contributed by atoms with van der Waals surface area (Å²) in [5.74, 6) is -1.42. The molecule has 0 fully saturated rings. The quantitative estimate of drug-likeness (QED) is 0.307. The second-order valence-electron chi connectivity index (χ2n) is 8.65. The monoisotopic (exact) mass is 500 g/mol. The molecule has 35 heavy (non-hydrogen) atoms. The summed E-state index contributed by atoms with van der Waals surface area (Å²) < 4.78 is 26.3. The van der Waals surface area contributed by atoms with Crippen LogP contribution in [0.25, 0.3) is 0 Å². The minimum Gasteiger partial charge on any atom is -0.489 e. The lowest BCUT2D eigenvalue weighted by Crippen LogP contribution is -2.35. The fourth-order valence-corrected chi connectivity index (χ4v) is 4.11. The Kier molecular flexibility index (Phi) is 9.04. The third-order valence-electron chi connectivity index (χ3n) is 5.68. The van der Waals surface area contributed by atoms with Gasteiger partial charge >= 0.3 is 5.97 Å². The maximum absolute atomic E-state index is 15.3. The number of nitrogens with zero attached hydrogens (tertiary/aromatic N) is 2. The van der Waals surface area contributed by atoms with E-state index >= 15 is 4.39 Å². The Morgan fingerprint density at radius 2 is 1.97 bits per heavy atom. The summed E-state index contributed by atoms with van der Waals surface area (Å²) in [5, 5.41) is 0.107. The van der Waals surface area contributed by atoms with E-state index in [0.717, 1.165) is 30.0 Å². The molecule has 0 unspecified atom stereocenters. The lowest BCUT2D eigenvalue weighted by atomic mass is 9.90. The molecular weight excluding hydrogens is 471 g/mol. The molecule has 0 radical (unpaired) electrons. The van der Waals surface area contributed by atoms with Gasteiger partial charge in [0, 0.05) is 29.6 Å². The fourth-order valence-electron chi connectivity index (χ4n) is 3.92. The molecule has 1 aromatic heterocycles. The Labute approximate surface area is 210 Å². The van der Waals surface area contributed by atoms with Crippen LogP contribution in [0.1, 0.15) is 50.7 Å². The number of esters is 1. The van der Waals surface area contributed by atoms with Crippen LogP contribution in [0, 0.1) is 12.7 Å². The van der Waals surface area contributed by atoms with E-state index in [9.17, 15) is 9.59 Å². The predicted molar refractivity (Wildman–Crippen MR) is 134 cm³/mol. The molecule has 0 saturated carbocycles. The molecule has 0 bridgehead atoms. The zero-order valence-corrected chi connectivity index (χ0v) is 21.0. The van der Waals surface area contributed by atoms with Gasteiger partial charge in [0.15, 0.2) is 0 Å². The third-order valence-corrected chi connectivity index (χ3v) is 5.98. The first-order valence-electron chi connectivity index (χ1n) is 11.6. The van der Waals surface area contributed by atoms with E-state index < -0.39 is 17.7 Å². The first-order chi connectivity index (χ1) is 16.7. The van der Waals surface area contributed by atoms with Crippen LogP contribution in [0.2, 0.25) is 5.02 Å². The highest BCUT2D eigenvalue weighted by Crippen LogP contribution is 2.36. The maximum Gasteiger partial charge on any atom is 0.334 e. The van der Waals surface area contributed by atoms with Crippen molar-refractivity contribution in [1.29, 1.82) is 0 Å². The summed E-state index contributed by atoms with van der Waals surface area (Å²) in [7, 11) is 0. The number of aryl methyl sites for hydroxylation is 1. The average Bonchev–Trinajstić information content (AvgIpc) is 2.83. The third kappa shape index (κ3) is 6.48. The van der Waals surface area contributed by atoms with E-state index in [1.807, 2.05) is 26.8 Å². The molecule has 0 atom stereocenters. The number of aromatic nitrogens is 1. The number of hydrogen-bond donors (Lipinski definition) is 0. The summed E-state index contributed by atoms with van der Waals surface area (Å²) in [6.45, 7) is 9.21. The summed E-state index contributed by atoms with van der Waals surface area (Å²) >= 11 is 6.22. The van der Waals surface area contributed by atoms with Crippen LogP contribution in [0.5, 0.6) is 5.75 Å². The highest BCUT2D eigenvalue weighted by atomic mass is 35.5. The Balaban J connectivity index is 2.13. The summed E-state index contributed by atoms with van der Waals surface area (Å²) in [6.07, 6.45) is 6.88. The molecule has 186 valence electrons. The molecule has 2 aromatic rings. The number of anilines is 1. The van der Waals surface area contributed by atoms with E-state index in [0.29, 0.717) is 24.0 Å². The lowest BCUT2D eigenvalue weighted by molar-refractivity contribution is -0.138. The molecule has 8 heteroatoms.